The van der Waals surface area contributed by atoms with Crippen molar-refractivity contribution < 1.29 is 22.4 Å². The molecule has 1 aliphatic rings. The van der Waals surface area contributed by atoms with Crippen LogP contribution in [-0.4, -0.2) is 18.9 Å². The molecule has 1 fully saturated rings. The molecule has 0 aliphatic carbocycles. The maximum absolute atomic E-state index is 12.6. The molecule has 0 N–H and O–H groups in total. The molecule has 0 atom stereocenters. The van der Waals surface area contributed by atoms with Gasteiger partial charge in [0.05, 0.1) is 0 Å². The van der Waals surface area contributed by atoms with Gasteiger partial charge in [0.2, 0.25) is 5.76 Å². The van der Waals surface area contributed by atoms with Crippen molar-refractivity contribution in [1.82, 2.24) is 0 Å². The maximum atomic E-state index is 12.6. The fourth-order valence-electron chi connectivity index (χ4n) is 2.86. The first kappa shape index (κ1) is 16.9. The molecule has 3 nitrogen and oxygen atoms in total. The molecular formula is C17H15ClF3NO2. The van der Waals surface area contributed by atoms with Crippen molar-refractivity contribution in [3.8, 4) is 0 Å². The lowest BCUT2D eigenvalue weighted by Gasteiger charge is -2.31. The topological polar surface area (TPSA) is 33.5 Å². The van der Waals surface area contributed by atoms with E-state index in [2.05, 4.69) is 0 Å². The summed E-state index contributed by atoms with van der Waals surface area (Å²) in [5.74, 6) is -0.905. The van der Waals surface area contributed by atoms with Crippen molar-refractivity contribution in [2.45, 2.75) is 19.0 Å². The number of carbonyl (C=O) groups is 1. The van der Waals surface area contributed by atoms with E-state index in [1.807, 2.05) is 0 Å². The summed E-state index contributed by atoms with van der Waals surface area (Å²) in [4.78, 5) is 14.2. The van der Waals surface area contributed by atoms with Gasteiger partial charge in [-0.3, -0.25) is 4.79 Å². The molecule has 1 aliphatic heterocycles. The van der Waals surface area contributed by atoms with Gasteiger partial charge in [0, 0.05) is 35.7 Å². The van der Waals surface area contributed by atoms with Crippen molar-refractivity contribution in [2.75, 3.05) is 18.0 Å². The lowest BCUT2D eigenvalue weighted by Crippen LogP contribution is -2.36. The highest BCUT2D eigenvalue weighted by Gasteiger charge is 2.36. The van der Waals surface area contributed by atoms with Crippen molar-refractivity contribution in [2.24, 2.45) is 5.92 Å². The highest BCUT2D eigenvalue weighted by Crippen LogP contribution is 2.34. The Labute approximate surface area is 142 Å². The second kappa shape index (κ2) is 6.51. The molecule has 1 aromatic carbocycles. The fraction of sp³-hybridized carbons (Fsp3) is 0.353. The molecule has 0 bridgehead atoms. The van der Waals surface area contributed by atoms with Gasteiger partial charge in [0.15, 0.2) is 11.7 Å². The highest BCUT2D eigenvalue weighted by molar-refractivity contribution is 6.30. The van der Waals surface area contributed by atoms with Gasteiger partial charge >= 0.3 is 6.18 Å². The molecule has 3 rings (SSSR count). The third-order valence-electron chi connectivity index (χ3n) is 4.18. The maximum Gasteiger partial charge on any atom is 0.449 e. The van der Waals surface area contributed by atoms with Gasteiger partial charge in [-0.25, -0.2) is 0 Å². The predicted molar refractivity (Wildman–Crippen MR) is 84.4 cm³/mol. The molecule has 1 aromatic heterocycles. The molecule has 7 heteroatoms. The molecule has 0 unspecified atom stereocenters. The number of piperidine rings is 1. The quantitative estimate of drug-likeness (QED) is 0.721. The molecule has 0 saturated carbocycles. The van der Waals surface area contributed by atoms with Crippen LogP contribution in [0.25, 0.3) is 0 Å². The minimum atomic E-state index is -4.48. The third-order valence-corrected chi connectivity index (χ3v) is 4.43. The number of Topliss-reactive ketones (excluding diaryl/α,β-unsaturated/α-hetero) is 1. The van der Waals surface area contributed by atoms with E-state index < -0.39 is 11.9 Å². The SMILES string of the molecule is O=C(c1ccc(Cl)cc1)C1CCN(c2ccc(C(F)(F)F)o2)CC1. The molecule has 1 saturated heterocycles. The average Bonchev–Trinajstić information content (AvgIpc) is 3.05. The van der Waals surface area contributed by atoms with Crippen LogP contribution in [0.15, 0.2) is 40.8 Å². The highest BCUT2D eigenvalue weighted by atomic mass is 35.5. The number of alkyl halides is 3. The van der Waals surface area contributed by atoms with Crippen LogP contribution < -0.4 is 4.90 Å². The first-order valence-electron chi connectivity index (χ1n) is 7.56. The van der Waals surface area contributed by atoms with Crippen molar-refractivity contribution in [3.05, 3.63) is 52.7 Å². The van der Waals surface area contributed by atoms with E-state index in [0.717, 1.165) is 6.07 Å². The van der Waals surface area contributed by atoms with Crippen molar-refractivity contribution >= 4 is 23.3 Å². The molecule has 0 spiro atoms. The number of ketones is 1. The largest absolute Gasteiger partial charge is 0.449 e. The van der Waals surface area contributed by atoms with Crippen LogP contribution in [0.2, 0.25) is 5.02 Å². The first-order chi connectivity index (χ1) is 11.3. The number of furan rings is 1. The number of anilines is 1. The van der Waals surface area contributed by atoms with E-state index in [4.69, 9.17) is 16.0 Å². The van der Waals surface area contributed by atoms with E-state index in [1.54, 1.807) is 29.2 Å². The van der Waals surface area contributed by atoms with Crippen LogP contribution in [0, 0.1) is 5.92 Å². The van der Waals surface area contributed by atoms with Crippen LogP contribution in [0.5, 0.6) is 0 Å². The number of rotatable bonds is 3. The van der Waals surface area contributed by atoms with E-state index in [0.29, 0.717) is 36.5 Å². The van der Waals surface area contributed by atoms with Gasteiger partial charge in [-0.15, -0.1) is 0 Å². The van der Waals surface area contributed by atoms with Gasteiger partial charge < -0.3 is 9.32 Å². The van der Waals surface area contributed by atoms with Gasteiger partial charge in [-0.2, -0.15) is 13.2 Å². The van der Waals surface area contributed by atoms with Gasteiger partial charge in [0.25, 0.3) is 0 Å². The fourth-order valence-corrected chi connectivity index (χ4v) is 2.99. The molecular weight excluding hydrogens is 343 g/mol. The summed E-state index contributed by atoms with van der Waals surface area (Å²) < 4.78 is 42.6. The smallest absolute Gasteiger partial charge is 0.436 e. The van der Waals surface area contributed by atoms with Gasteiger partial charge in [-0.1, -0.05) is 11.6 Å². The standard InChI is InChI=1S/C17H15ClF3NO2/c18-13-3-1-11(2-4-13)16(23)12-7-9-22(10-8-12)15-6-5-14(24-15)17(19,20)21/h1-6,12H,7-10H2. The zero-order chi connectivity index (χ0) is 17.3. The van der Waals surface area contributed by atoms with Crippen LogP contribution >= 0.6 is 11.6 Å². The third kappa shape index (κ3) is 3.59. The summed E-state index contributed by atoms with van der Waals surface area (Å²) in [6.45, 7) is 0.962. The predicted octanol–water partition coefficient (Wildman–Crippen LogP) is 5.05. The summed E-state index contributed by atoms with van der Waals surface area (Å²) in [5.41, 5.74) is 0.607. The van der Waals surface area contributed by atoms with Crippen LogP contribution in [0.4, 0.5) is 19.1 Å². The summed E-state index contributed by atoms with van der Waals surface area (Å²) in [7, 11) is 0. The summed E-state index contributed by atoms with van der Waals surface area (Å²) in [6.07, 6.45) is -3.34. The molecule has 24 heavy (non-hydrogen) atoms. The number of halogens is 4. The molecule has 0 amide bonds. The van der Waals surface area contributed by atoms with Crippen molar-refractivity contribution in [1.29, 1.82) is 0 Å². The average molecular weight is 358 g/mol. The Bertz CT molecular complexity index is 716. The molecule has 0 radical (unpaired) electrons. The van der Waals surface area contributed by atoms with E-state index >= 15 is 0 Å². The van der Waals surface area contributed by atoms with Crippen LogP contribution in [0.3, 0.4) is 0 Å². The minimum Gasteiger partial charge on any atom is -0.436 e. The first-order valence-corrected chi connectivity index (χ1v) is 7.94. The summed E-state index contributed by atoms with van der Waals surface area (Å²) in [5, 5.41) is 0.569. The number of hydrogen-bond acceptors (Lipinski definition) is 3. The van der Waals surface area contributed by atoms with E-state index in [1.165, 1.54) is 6.07 Å². The molecule has 2 aromatic rings. The Morgan fingerprint density at radius 1 is 1.08 bits per heavy atom. The zero-order valence-corrected chi connectivity index (χ0v) is 13.4. The Hall–Kier alpha value is -1.95. The Kier molecular flexibility index (Phi) is 4.58. The summed E-state index contributed by atoms with van der Waals surface area (Å²) >= 11 is 5.81. The van der Waals surface area contributed by atoms with Gasteiger partial charge in [0.1, 0.15) is 0 Å². The Morgan fingerprint density at radius 2 is 1.71 bits per heavy atom. The second-order valence-corrected chi connectivity index (χ2v) is 6.20. The Morgan fingerprint density at radius 3 is 2.25 bits per heavy atom. The minimum absolute atomic E-state index is 0.0433. The van der Waals surface area contributed by atoms with E-state index in [-0.39, 0.29) is 17.6 Å². The normalized spacial score (nSPS) is 16.4. The number of nitrogens with zero attached hydrogens (tertiary/aromatic N) is 1. The number of benzene rings is 1. The number of carbonyl (C=O) groups excluding carboxylic acids is 1. The van der Waals surface area contributed by atoms with Crippen LogP contribution in [-0.2, 0) is 6.18 Å². The lowest BCUT2D eigenvalue weighted by molar-refractivity contribution is -0.152. The van der Waals surface area contributed by atoms with Gasteiger partial charge in [-0.05, 0) is 43.2 Å². The molecule has 128 valence electrons. The molecule has 2 heterocycles. The Balaban J connectivity index is 1.62. The van der Waals surface area contributed by atoms with Crippen molar-refractivity contribution in [3.63, 3.8) is 0 Å². The second-order valence-electron chi connectivity index (χ2n) is 5.77. The monoisotopic (exact) mass is 357 g/mol. The summed E-state index contributed by atoms with van der Waals surface area (Å²) in [6, 6.07) is 8.99. The zero-order valence-electron chi connectivity index (χ0n) is 12.6. The lowest BCUT2D eigenvalue weighted by atomic mass is 9.89. The van der Waals surface area contributed by atoms with Crippen LogP contribution in [0.1, 0.15) is 29.0 Å². The number of hydrogen-bond donors (Lipinski definition) is 0. The van der Waals surface area contributed by atoms with E-state index in [9.17, 15) is 18.0 Å².